The van der Waals surface area contributed by atoms with Crippen molar-refractivity contribution in [1.82, 2.24) is 0 Å². The summed E-state index contributed by atoms with van der Waals surface area (Å²) in [7, 11) is 0. The van der Waals surface area contributed by atoms with Gasteiger partial charge < -0.3 is 14.1 Å². The molecule has 6 heteroatoms. The number of fused-ring (bicyclic) bond motifs is 3. The highest BCUT2D eigenvalue weighted by Crippen LogP contribution is 2.40. The van der Waals surface area contributed by atoms with Crippen molar-refractivity contribution < 1.29 is 13.5 Å². The van der Waals surface area contributed by atoms with Gasteiger partial charge >= 0.3 is 5.63 Å². The first-order chi connectivity index (χ1) is 12.5. The molecule has 134 valence electrons. The second-order valence-electron chi connectivity index (χ2n) is 6.39. The molecule has 4 nitrogen and oxygen atoms in total. The van der Waals surface area contributed by atoms with E-state index in [2.05, 4.69) is 0 Å². The number of nitrogens with zero attached hydrogens (tertiary/aromatic N) is 1. The summed E-state index contributed by atoms with van der Waals surface area (Å²) in [5.41, 5.74) is 2.93. The molecule has 1 aliphatic heterocycles. The molecule has 0 radical (unpaired) electrons. The van der Waals surface area contributed by atoms with E-state index in [1.807, 2.05) is 17.9 Å². The summed E-state index contributed by atoms with van der Waals surface area (Å²) in [6, 6.07) is 8.31. The molecule has 2 heterocycles. The van der Waals surface area contributed by atoms with Gasteiger partial charge in [0.05, 0.1) is 17.1 Å². The highest BCUT2D eigenvalue weighted by molar-refractivity contribution is 6.33. The maximum atomic E-state index is 14.0. The number of aryl methyl sites for hydroxylation is 2. The van der Waals surface area contributed by atoms with E-state index in [4.69, 9.17) is 20.8 Å². The lowest BCUT2D eigenvalue weighted by molar-refractivity contribution is 0.289. The molecule has 1 aromatic heterocycles. The van der Waals surface area contributed by atoms with Crippen molar-refractivity contribution >= 4 is 28.3 Å². The molecule has 0 amide bonds. The van der Waals surface area contributed by atoms with Crippen molar-refractivity contribution in [3.8, 4) is 5.75 Å². The quantitative estimate of drug-likeness (QED) is 0.604. The van der Waals surface area contributed by atoms with Crippen molar-refractivity contribution in [3.05, 3.63) is 68.3 Å². The molecule has 2 aromatic carbocycles. The van der Waals surface area contributed by atoms with Gasteiger partial charge in [-0.3, -0.25) is 0 Å². The van der Waals surface area contributed by atoms with Crippen LogP contribution in [0.2, 0.25) is 5.02 Å². The third-order valence-electron chi connectivity index (χ3n) is 4.74. The van der Waals surface area contributed by atoms with Gasteiger partial charge in [0.25, 0.3) is 0 Å². The summed E-state index contributed by atoms with van der Waals surface area (Å²) in [5.74, 6) is 0.239. The Bertz CT molecular complexity index is 1080. The Hall–Kier alpha value is -2.53. The largest absolute Gasteiger partial charge is 0.471 e. The molecule has 0 unspecified atom stereocenters. The number of benzene rings is 2. The number of halogens is 2. The lowest BCUT2D eigenvalue weighted by Gasteiger charge is -2.31. The smallest absolute Gasteiger partial charge is 0.336 e. The number of rotatable bonds is 2. The summed E-state index contributed by atoms with van der Waals surface area (Å²) in [6.45, 7) is 4.33. The summed E-state index contributed by atoms with van der Waals surface area (Å²) in [5, 5.41) is 1.28. The Labute approximate surface area is 154 Å². The standard InChI is InChI=1S/C20H17ClFNO3/c1-3-12-6-18(24)26-19-14(12)8-16(21)20-15(19)9-23(10-25-20)13-5-4-11(2)17(22)7-13/h4-8H,3,9-10H2,1-2H3. The van der Waals surface area contributed by atoms with Crippen molar-refractivity contribution in [1.29, 1.82) is 0 Å². The Morgan fingerprint density at radius 2 is 2.08 bits per heavy atom. The Kier molecular flexibility index (Phi) is 4.11. The summed E-state index contributed by atoms with van der Waals surface area (Å²) < 4.78 is 25.3. The molecular formula is C20H17ClFNO3. The van der Waals surface area contributed by atoms with E-state index in [0.717, 1.165) is 10.9 Å². The monoisotopic (exact) mass is 373 g/mol. The first-order valence-corrected chi connectivity index (χ1v) is 8.77. The lowest BCUT2D eigenvalue weighted by Crippen LogP contribution is -2.32. The third-order valence-corrected chi connectivity index (χ3v) is 5.02. The van der Waals surface area contributed by atoms with Crippen LogP contribution in [-0.2, 0) is 13.0 Å². The van der Waals surface area contributed by atoms with Gasteiger partial charge in [-0.25, -0.2) is 9.18 Å². The fourth-order valence-electron chi connectivity index (χ4n) is 3.29. The van der Waals surface area contributed by atoms with Crippen LogP contribution in [0.15, 0.2) is 39.5 Å². The summed E-state index contributed by atoms with van der Waals surface area (Å²) in [6.07, 6.45) is 0.685. The summed E-state index contributed by atoms with van der Waals surface area (Å²) >= 11 is 6.41. The molecule has 1 aliphatic rings. The average molecular weight is 374 g/mol. The maximum Gasteiger partial charge on any atom is 0.336 e. The van der Waals surface area contributed by atoms with Crippen LogP contribution in [0.25, 0.3) is 11.0 Å². The van der Waals surface area contributed by atoms with Crippen LogP contribution in [0.3, 0.4) is 0 Å². The van der Waals surface area contributed by atoms with E-state index >= 15 is 0 Å². The SMILES string of the molecule is CCc1cc(=O)oc2c3c(c(Cl)cc12)OCN(c1ccc(C)c(F)c1)C3. The fourth-order valence-corrected chi connectivity index (χ4v) is 3.57. The van der Waals surface area contributed by atoms with Crippen LogP contribution in [-0.4, -0.2) is 6.73 Å². The van der Waals surface area contributed by atoms with Gasteiger partial charge in [0, 0.05) is 17.1 Å². The van der Waals surface area contributed by atoms with Gasteiger partial charge in [-0.1, -0.05) is 24.6 Å². The molecule has 3 aromatic rings. The number of hydrogen-bond donors (Lipinski definition) is 0. The minimum absolute atomic E-state index is 0.235. The van der Waals surface area contributed by atoms with E-state index in [1.165, 1.54) is 12.1 Å². The molecule has 0 saturated heterocycles. The first-order valence-electron chi connectivity index (χ1n) is 8.40. The zero-order valence-corrected chi connectivity index (χ0v) is 15.2. The molecule has 4 rings (SSSR count). The van der Waals surface area contributed by atoms with Gasteiger partial charge in [0.15, 0.2) is 6.73 Å². The van der Waals surface area contributed by atoms with Gasteiger partial charge in [-0.15, -0.1) is 0 Å². The number of hydrogen-bond acceptors (Lipinski definition) is 4. The minimum atomic E-state index is -0.405. The van der Waals surface area contributed by atoms with Crippen molar-refractivity contribution in [2.75, 3.05) is 11.6 Å². The number of anilines is 1. The van der Waals surface area contributed by atoms with Gasteiger partial charge in [-0.05, 0) is 42.7 Å². The van der Waals surface area contributed by atoms with Crippen LogP contribution in [0.1, 0.15) is 23.6 Å². The van der Waals surface area contributed by atoms with Gasteiger partial charge in [0.2, 0.25) is 0 Å². The van der Waals surface area contributed by atoms with Crippen LogP contribution >= 0.6 is 11.6 Å². The second kappa shape index (κ2) is 6.32. The maximum absolute atomic E-state index is 14.0. The van der Waals surface area contributed by atoms with E-state index in [9.17, 15) is 9.18 Å². The van der Waals surface area contributed by atoms with E-state index in [1.54, 1.807) is 19.1 Å². The third kappa shape index (κ3) is 2.72. The zero-order chi connectivity index (χ0) is 18.4. The molecule has 0 atom stereocenters. The van der Waals surface area contributed by atoms with Crippen molar-refractivity contribution in [2.45, 2.75) is 26.8 Å². The average Bonchev–Trinajstić information content (AvgIpc) is 2.64. The van der Waals surface area contributed by atoms with Crippen LogP contribution in [0, 0.1) is 12.7 Å². The highest BCUT2D eigenvalue weighted by atomic mass is 35.5. The van der Waals surface area contributed by atoms with E-state index < -0.39 is 5.63 Å². The molecule has 0 saturated carbocycles. The van der Waals surface area contributed by atoms with E-state index in [0.29, 0.717) is 46.1 Å². The van der Waals surface area contributed by atoms with Crippen LogP contribution in [0.5, 0.6) is 5.75 Å². The topological polar surface area (TPSA) is 42.7 Å². The molecule has 0 bridgehead atoms. The summed E-state index contributed by atoms with van der Waals surface area (Å²) in [4.78, 5) is 13.8. The zero-order valence-electron chi connectivity index (χ0n) is 14.4. The molecular weight excluding hydrogens is 357 g/mol. The molecule has 0 spiro atoms. The normalized spacial score (nSPS) is 13.6. The molecule has 26 heavy (non-hydrogen) atoms. The van der Waals surface area contributed by atoms with Crippen molar-refractivity contribution in [3.63, 3.8) is 0 Å². The first kappa shape index (κ1) is 16.9. The minimum Gasteiger partial charge on any atom is -0.471 e. The van der Waals surface area contributed by atoms with Gasteiger partial charge in [-0.2, -0.15) is 0 Å². The Morgan fingerprint density at radius 3 is 2.81 bits per heavy atom. The second-order valence-corrected chi connectivity index (χ2v) is 6.80. The predicted molar refractivity (Wildman–Crippen MR) is 99.7 cm³/mol. The Morgan fingerprint density at radius 1 is 1.27 bits per heavy atom. The molecule has 0 aliphatic carbocycles. The van der Waals surface area contributed by atoms with Crippen LogP contribution < -0.4 is 15.3 Å². The molecule has 0 N–H and O–H groups in total. The number of ether oxygens (including phenoxy) is 1. The fraction of sp³-hybridized carbons (Fsp3) is 0.250. The van der Waals surface area contributed by atoms with Gasteiger partial charge in [0.1, 0.15) is 17.1 Å². The van der Waals surface area contributed by atoms with Crippen molar-refractivity contribution in [2.24, 2.45) is 0 Å². The highest BCUT2D eigenvalue weighted by Gasteiger charge is 2.25. The molecule has 0 fully saturated rings. The Balaban J connectivity index is 1.87. The lowest BCUT2D eigenvalue weighted by atomic mass is 10.0. The predicted octanol–water partition coefficient (Wildman–Crippen LogP) is 4.81. The van der Waals surface area contributed by atoms with Crippen LogP contribution in [0.4, 0.5) is 10.1 Å². The van der Waals surface area contributed by atoms with E-state index in [-0.39, 0.29) is 12.5 Å².